The van der Waals surface area contributed by atoms with Crippen molar-refractivity contribution in [2.75, 3.05) is 6.61 Å². The van der Waals surface area contributed by atoms with Gasteiger partial charge in [-0.05, 0) is 30.3 Å². The molecule has 1 saturated heterocycles. The van der Waals surface area contributed by atoms with Crippen LogP contribution in [0.4, 0.5) is 0 Å². The molecule has 9 heteroatoms. The molecule has 5 N–H and O–H groups in total. The third-order valence-electron chi connectivity index (χ3n) is 4.63. The van der Waals surface area contributed by atoms with E-state index in [9.17, 15) is 30.3 Å². The number of ether oxygens (including phenoxy) is 2. The van der Waals surface area contributed by atoms with Crippen LogP contribution in [0.1, 0.15) is 0 Å². The Labute approximate surface area is 164 Å². The lowest BCUT2D eigenvalue weighted by Gasteiger charge is -2.35. The first-order valence-corrected chi connectivity index (χ1v) is 8.76. The monoisotopic (exact) mass is 402 g/mol. The van der Waals surface area contributed by atoms with Crippen molar-refractivity contribution in [3.8, 4) is 39.9 Å². The van der Waals surface area contributed by atoms with Gasteiger partial charge in [0.15, 0.2) is 16.9 Å². The van der Waals surface area contributed by atoms with Gasteiger partial charge in [0.2, 0.25) is 6.29 Å². The number of aromatic hydroxyl groups is 2. The number of aliphatic hydroxyl groups excluding tert-OH is 3. The standard InChI is InChI=1S/C20H18O9/c21-10-3-1-9(2-4-10)19-16(29-20-18(26)17(25)14(24)8-27-20)7-12-13(23)5-11(22)6-15(12)28-19/h1-7,14,17-18,20-21,23-26H,8H2/t14-,17+,18-,20+/m1/s1. The van der Waals surface area contributed by atoms with E-state index in [1.165, 1.54) is 24.3 Å². The number of aliphatic hydroxyl groups is 3. The van der Waals surface area contributed by atoms with Crippen LogP contribution in [0.5, 0.6) is 17.2 Å². The summed E-state index contributed by atoms with van der Waals surface area (Å²) in [4.78, 5) is 11.7. The van der Waals surface area contributed by atoms with Crippen molar-refractivity contribution in [1.29, 1.82) is 0 Å². The van der Waals surface area contributed by atoms with Gasteiger partial charge in [-0.3, -0.25) is 4.79 Å². The Hall–Kier alpha value is -3.11. The van der Waals surface area contributed by atoms with Gasteiger partial charge in [0.1, 0.15) is 35.6 Å². The lowest BCUT2D eigenvalue weighted by Crippen LogP contribution is -2.54. The van der Waals surface area contributed by atoms with Crippen LogP contribution in [0.15, 0.2) is 51.7 Å². The van der Waals surface area contributed by atoms with Crippen molar-refractivity contribution < 1.29 is 39.4 Å². The molecule has 1 fully saturated rings. The summed E-state index contributed by atoms with van der Waals surface area (Å²) in [6.45, 7) is -0.257. The minimum absolute atomic E-state index is 0.0274. The van der Waals surface area contributed by atoms with Gasteiger partial charge in [0.05, 0.1) is 12.2 Å². The second kappa shape index (κ2) is 7.37. The second-order valence-electron chi connectivity index (χ2n) is 6.71. The van der Waals surface area contributed by atoms with E-state index in [4.69, 9.17) is 13.9 Å². The number of phenols is 2. The van der Waals surface area contributed by atoms with Crippen LogP contribution in [0.3, 0.4) is 0 Å². The number of hydrogen-bond acceptors (Lipinski definition) is 9. The fourth-order valence-corrected chi connectivity index (χ4v) is 3.08. The van der Waals surface area contributed by atoms with Crippen LogP contribution in [0.2, 0.25) is 0 Å². The summed E-state index contributed by atoms with van der Waals surface area (Å²) < 4.78 is 16.8. The molecule has 0 amide bonds. The van der Waals surface area contributed by atoms with Gasteiger partial charge in [-0.25, -0.2) is 0 Å². The van der Waals surface area contributed by atoms with Crippen LogP contribution in [-0.2, 0) is 4.74 Å². The Bertz CT molecular complexity index is 1040. The summed E-state index contributed by atoms with van der Waals surface area (Å²) in [5, 5.41) is 49.3. The maximum absolute atomic E-state index is 11.7. The van der Waals surface area contributed by atoms with Crippen molar-refractivity contribution >= 4 is 0 Å². The van der Waals surface area contributed by atoms with Gasteiger partial charge in [0.25, 0.3) is 0 Å². The molecule has 2 heterocycles. The van der Waals surface area contributed by atoms with E-state index in [1.807, 2.05) is 0 Å². The minimum atomic E-state index is -1.54. The van der Waals surface area contributed by atoms with E-state index < -0.39 is 30.0 Å². The molecule has 0 bridgehead atoms. The predicted molar refractivity (Wildman–Crippen MR) is 98.8 cm³/mol. The molecule has 0 spiro atoms. The summed E-state index contributed by atoms with van der Waals surface area (Å²) in [7, 11) is 0. The van der Waals surface area contributed by atoms with Gasteiger partial charge in [-0.15, -0.1) is 0 Å². The van der Waals surface area contributed by atoms with Crippen LogP contribution in [-0.4, -0.2) is 56.7 Å². The van der Waals surface area contributed by atoms with E-state index in [0.29, 0.717) is 5.56 Å². The highest BCUT2D eigenvalue weighted by atomic mass is 16.7. The highest BCUT2D eigenvalue weighted by Crippen LogP contribution is 2.41. The van der Waals surface area contributed by atoms with Crippen LogP contribution >= 0.6 is 0 Å². The van der Waals surface area contributed by atoms with Crippen molar-refractivity contribution in [3.63, 3.8) is 0 Å². The van der Waals surface area contributed by atoms with Crippen molar-refractivity contribution in [2.45, 2.75) is 24.6 Å². The second-order valence-corrected chi connectivity index (χ2v) is 6.71. The summed E-state index contributed by atoms with van der Waals surface area (Å²) >= 11 is 0. The van der Waals surface area contributed by atoms with Crippen LogP contribution in [0, 0.1) is 0 Å². The summed E-state index contributed by atoms with van der Waals surface area (Å²) in [5.41, 5.74) is 0.210. The normalized spacial score (nSPS) is 24.5. The van der Waals surface area contributed by atoms with Crippen molar-refractivity contribution in [3.05, 3.63) is 52.7 Å². The third-order valence-corrected chi connectivity index (χ3v) is 4.63. The number of fused-ring (bicyclic) bond motifs is 1. The molecule has 1 aromatic carbocycles. The fourth-order valence-electron chi connectivity index (χ4n) is 3.08. The molecule has 4 atom stereocenters. The lowest BCUT2D eigenvalue weighted by molar-refractivity contribution is -0.242. The molecule has 0 unspecified atom stereocenters. The molecule has 4 rings (SSSR count). The molecular formula is C20H18O9. The van der Waals surface area contributed by atoms with Crippen LogP contribution < -0.4 is 10.2 Å². The summed E-state index contributed by atoms with van der Waals surface area (Å²) in [6.07, 6.45) is -5.60. The van der Waals surface area contributed by atoms with Crippen LogP contribution in [0.25, 0.3) is 22.6 Å². The van der Waals surface area contributed by atoms with Crippen molar-refractivity contribution in [1.82, 2.24) is 0 Å². The third kappa shape index (κ3) is 3.64. The molecule has 0 radical (unpaired) electrons. The smallest absolute Gasteiger partial charge is 0.229 e. The molecule has 9 nitrogen and oxygen atoms in total. The largest absolute Gasteiger partial charge is 0.508 e. The maximum atomic E-state index is 11.7. The SMILES string of the molecule is O=c1cc2oc(-c3ccc(O)cc3)c(O[C@@H]3OC[C@@H](O)[C@H](O)[C@H]3O)cc-2c(O)c1. The first kappa shape index (κ1) is 19.2. The van der Waals surface area contributed by atoms with E-state index in [2.05, 4.69) is 0 Å². The van der Waals surface area contributed by atoms with E-state index in [1.54, 1.807) is 12.1 Å². The fraction of sp³-hybridized carbons (Fsp3) is 0.250. The Morgan fingerprint density at radius 2 is 1.69 bits per heavy atom. The summed E-state index contributed by atoms with van der Waals surface area (Å²) in [5.74, 6) is -0.00625. The molecule has 1 aromatic rings. The molecule has 29 heavy (non-hydrogen) atoms. The topological polar surface area (TPSA) is 150 Å². The average Bonchev–Trinajstić information content (AvgIpc) is 2.69. The van der Waals surface area contributed by atoms with E-state index in [-0.39, 0.29) is 40.9 Å². The van der Waals surface area contributed by atoms with Gasteiger partial charge in [-0.1, -0.05) is 0 Å². The maximum Gasteiger partial charge on any atom is 0.229 e. The summed E-state index contributed by atoms with van der Waals surface area (Å²) in [6, 6.07) is 9.57. The van der Waals surface area contributed by atoms with E-state index in [0.717, 1.165) is 6.07 Å². The van der Waals surface area contributed by atoms with Gasteiger partial charge < -0.3 is 39.4 Å². The minimum Gasteiger partial charge on any atom is -0.508 e. The highest BCUT2D eigenvalue weighted by molar-refractivity contribution is 5.75. The van der Waals surface area contributed by atoms with Gasteiger partial charge >= 0.3 is 0 Å². The first-order valence-electron chi connectivity index (χ1n) is 8.76. The zero-order valence-corrected chi connectivity index (χ0v) is 14.9. The number of hydrogen-bond donors (Lipinski definition) is 5. The van der Waals surface area contributed by atoms with Crippen molar-refractivity contribution in [2.24, 2.45) is 0 Å². The number of phenolic OH excluding ortho intramolecular Hbond substituents is 2. The molecule has 1 aliphatic carbocycles. The first-order chi connectivity index (χ1) is 13.8. The van der Waals surface area contributed by atoms with Gasteiger partial charge in [-0.2, -0.15) is 0 Å². The van der Waals surface area contributed by atoms with E-state index >= 15 is 0 Å². The quantitative estimate of drug-likeness (QED) is 0.425. The number of benzene rings is 2. The average molecular weight is 402 g/mol. The molecule has 3 aliphatic rings. The predicted octanol–water partition coefficient (Wildman–Crippen LogP) is 0.641. The highest BCUT2D eigenvalue weighted by Gasteiger charge is 2.39. The molecule has 0 saturated carbocycles. The zero-order valence-electron chi connectivity index (χ0n) is 14.9. The molecule has 0 aromatic heterocycles. The Kier molecular flexibility index (Phi) is 4.89. The van der Waals surface area contributed by atoms with Gasteiger partial charge in [0, 0.05) is 17.7 Å². The molecule has 152 valence electrons. The molecule has 2 aliphatic heterocycles. The Morgan fingerprint density at radius 3 is 2.41 bits per heavy atom. The molecular weight excluding hydrogens is 384 g/mol. The number of rotatable bonds is 3. The Morgan fingerprint density at radius 1 is 0.966 bits per heavy atom. The zero-order chi connectivity index (χ0) is 20.7. The Balaban J connectivity index is 1.82. The lowest BCUT2D eigenvalue weighted by atomic mass is 10.0.